The van der Waals surface area contributed by atoms with Crippen molar-refractivity contribution in [3.05, 3.63) is 83.3 Å². The zero-order valence-corrected chi connectivity index (χ0v) is 20.5. The Morgan fingerprint density at radius 1 is 1.03 bits per heavy atom. The van der Waals surface area contributed by atoms with Gasteiger partial charge in [-0.25, -0.2) is 8.42 Å². The van der Waals surface area contributed by atoms with E-state index < -0.39 is 27.9 Å². The van der Waals surface area contributed by atoms with E-state index in [1.54, 1.807) is 55.5 Å². The summed E-state index contributed by atoms with van der Waals surface area (Å²) in [5.41, 5.74) is 2.90. The predicted octanol–water partition coefficient (Wildman–Crippen LogP) is 4.01. The van der Waals surface area contributed by atoms with Crippen LogP contribution in [0.1, 0.15) is 40.6 Å². The van der Waals surface area contributed by atoms with Crippen LogP contribution in [-0.4, -0.2) is 32.5 Å². The van der Waals surface area contributed by atoms with Crippen LogP contribution in [0.15, 0.2) is 65.3 Å². The summed E-state index contributed by atoms with van der Waals surface area (Å²) in [5, 5.41) is 5.51. The number of carbonyl (C=O) groups excluding carboxylic acids is 2. The quantitative estimate of drug-likeness (QED) is 0.478. The van der Waals surface area contributed by atoms with Crippen molar-refractivity contribution in [2.24, 2.45) is 0 Å². The average Bonchev–Trinajstić information content (AvgIpc) is 3.31. The highest BCUT2D eigenvalue weighted by atomic mass is 32.2. The maximum atomic E-state index is 13.3. The van der Waals surface area contributed by atoms with Gasteiger partial charge in [0.05, 0.1) is 36.0 Å². The second kappa shape index (κ2) is 10.6. The van der Waals surface area contributed by atoms with Crippen LogP contribution < -0.4 is 14.9 Å². The lowest BCUT2D eigenvalue weighted by Gasteiger charge is -2.30. The Bertz CT molecular complexity index is 1270. The Labute approximate surface area is 200 Å². The number of benzene rings is 2. The van der Waals surface area contributed by atoms with E-state index in [1.165, 1.54) is 6.26 Å². The van der Waals surface area contributed by atoms with Gasteiger partial charge in [-0.3, -0.25) is 13.9 Å². The molecule has 180 valence electrons. The SMILES string of the molecule is CC[C@@H](C(=O)Nc1ccccc1C(=O)NCc1ccco1)N(c1ccc(C)c(C)c1)S(C)(=O)=O. The van der Waals surface area contributed by atoms with Crippen LogP contribution >= 0.6 is 0 Å². The van der Waals surface area contributed by atoms with Crippen molar-refractivity contribution in [1.82, 2.24) is 5.32 Å². The third kappa shape index (κ3) is 5.85. The zero-order chi connectivity index (χ0) is 24.9. The van der Waals surface area contributed by atoms with Crippen molar-refractivity contribution in [3.63, 3.8) is 0 Å². The summed E-state index contributed by atoms with van der Waals surface area (Å²) < 4.78 is 31.8. The van der Waals surface area contributed by atoms with Gasteiger partial charge in [-0.05, 0) is 67.8 Å². The van der Waals surface area contributed by atoms with Crippen molar-refractivity contribution in [1.29, 1.82) is 0 Å². The largest absolute Gasteiger partial charge is 0.467 e. The van der Waals surface area contributed by atoms with E-state index in [1.807, 2.05) is 19.9 Å². The van der Waals surface area contributed by atoms with Crippen molar-refractivity contribution in [2.45, 2.75) is 39.8 Å². The van der Waals surface area contributed by atoms with Crippen molar-refractivity contribution in [2.75, 3.05) is 15.9 Å². The number of amides is 2. The van der Waals surface area contributed by atoms with Crippen LogP contribution in [0.5, 0.6) is 0 Å². The summed E-state index contributed by atoms with van der Waals surface area (Å²) in [5.74, 6) is -0.329. The van der Waals surface area contributed by atoms with Gasteiger partial charge in [-0.15, -0.1) is 0 Å². The molecular formula is C25H29N3O5S. The van der Waals surface area contributed by atoms with Gasteiger partial charge in [0.2, 0.25) is 15.9 Å². The van der Waals surface area contributed by atoms with Gasteiger partial charge in [0.1, 0.15) is 11.8 Å². The van der Waals surface area contributed by atoms with Gasteiger partial charge in [0.25, 0.3) is 5.91 Å². The van der Waals surface area contributed by atoms with Crippen LogP contribution in [0.25, 0.3) is 0 Å². The number of furan rings is 1. The van der Waals surface area contributed by atoms with Gasteiger partial charge < -0.3 is 15.1 Å². The lowest BCUT2D eigenvalue weighted by Crippen LogP contribution is -2.47. The van der Waals surface area contributed by atoms with Crippen molar-refractivity contribution >= 4 is 33.2 Å². The first-order valence-electron chi connectivity index (χ1n) is 10.9. The molecule has 0 aliphatic carbocycles. The molecule has 2 N–H and O–H groups in total. The molecule has 0 radical (unpaired) electrons. The van der Waals surface area contributed by atoms with E-state index in [0.717, 1.165) is 21.7 Å². The second-order valence-corrected chi connectivity index (χ2v) is 9.91. The highest BCUT2D eigenvalue weighted by Gasteiger charge is 2.32. The minimum absolute atomic E-state index is 0.195. The monoisotopic (exact) mass is 483 g/mol. The van der Waals surface area contributed by atoms with Crippen LogP contribution in [0.4, 0.5) is 11.4 Å². The fourth-order valence-electron chi connectivity index (χ4n) is 3.60. The third-order valence-corrected chi connectivity index (χ3v) is 6.69. The number of hydrogen-bond donors (Lipinski definition) is 2. The number of aryl methyl sites for hydroxylation is 2. The van der Waals surface area contributed by atoms with E-state index in [4.69, 9.17) is 4.42 Å². The molecule has 3 aromatic rings. The fourth-order valence-corrected chi connectivity index (χ4v) is 4.81. The van der Waals surface area contributed by atoms with Gasteiger partial charge in [-0.1, -0.05) is 25.1 Å². The first-order valence-corrected chi connectivity index (χ1v) is 12.7. The normalized spacial score (nSPS) is 12.1. The van der Waals surface area contributed by atoms with E-state index in [0.29, 0.717) is 11.4 Å². The van der Waals surface area contributed by atoms with Gasteiger partial charge in [0, 0.05) is 0 Å². The molecule has 0 aliphatic heterocycles. The molecule has 0 aliphatic rings. The topological polar surface area (TPSA) is 109 Å². The maximum Gasteiger partial charge on any atom is 0.253 e. The number of carbonyl (C=O) groups is 2. The Kier molecular flexibility index (Phi) is 7.78. The summed E-state index contributed by atoms with van der Waals surface area (Å²) in [4.78, 5) is 26.1. The molecule has 1 heterocycles. The van der Waals surface area contributed by atoms with Crippen LogP contribution in [0.3, 0.4) is 0 Å². The molecule has 3 rings (SSSR count). The molecule has 9 heteroatoms. The van der Waals surface area contributed by atoms with Gasteiger partial charge in [0.15, 0.2) is 0 Å². The minimum Gasteiger partial charge on any atom is -0.467 e. The van der Waals surface area contributed by atoms with E-state index in [2.05, 4.69) is 10.6 Å². The van der Waals surface area contributed by atoms with Crippen molar-refractivity contribution in [3.8, 4) is 0 Å². The standard InChI is InChI=1S/C25H29N3O5S/c1-5-23(28(34(4,31)32)19-13-12-17(2)18(3)15-19)25(30)27-22-11-7-6-10-21(22)24(29)26-16-20-9-8-14-33-20/h6-15,23H,5,16H2,1-4H3,(H,26,29)(H,27,30)/t23-/m0/s1. The number of hydrogen-bond acceptors (Lipinski definition) is 5. The number of nitrogens with zero attached hydrogens (tertiary/aromatic N) is 1. The Morgan fingerprint density at radius 2 is 1.76 bits per heavy atom. The molecule has 0 spiro atoms. The molecule has 1 atom stereocenters. The lowest BCUT2D eigenvalue weighted by atomic mass is 10.1. The number of nitrogens with one attached hydrogen (secondary N) is 2. The number of sulfonamides is 1. The summed E-state index contributed by atoms with van der Waals surface area (Å²) in [7, 11) is -3.77. The second-order valence-electron chi connectivity index (χ2n) is 8.05. The Hall–Kier alpha value is -3.59. The Morgan fingerprint density at radius 3 is 2.38 bits per heavy atom. The maximum absolute atomic E-state index is 13.3. The average molecular weight is 484 g/mol. The minimum atomic E-state index is -3.77. The summed E-state index contributed by atoms with van der Waals surface area (Å²) >= 11 is 0. The predicted molar refractivity (Wildman–Crippen MR) is 132 cm³/mol. The molecule has 2 aromatic carbocycles. The summed E-state index contributed by atoms with van der Waals surface area (Å²) in [6.07, 6.45) is 2.83. The summed E-state index contributed by atoms with van der Waals surface area (Å²) in [6, 6.07) is 14.3. The number of para-hydroxylation sites is 1. The van der Waals surface area contributed by atoms with Gasteiger partial charge >= 0.3 is 0 Å². The molecule has 0 bridgehead atoms. The molecule has 2 amide bonds. The van der Waals surface area contributed by atoms with Crippen LogP contribution in [-0.2, 0) is 21.4 Å². The highest BCUT2D eigenvalue weighted by Crippen LogP contribution is 2.26. The van der Waals surface area contributed by atoms with Crippen molar-refractivity contribution < 1.29 is 22.4 Å². The molecule has 0 fully saturated rings. The smallest absolute Gasteiger partial charge is 0.253 e. The Balaban J connectivity index is 1.86. The number of anilines is 2. The first kappa shape index (κ1) is 25.0. The molecular weight excluding hydrogens is 454 g/mol. The summed E-state index contributed by atoms with van der Waals surface area (Å²) in [6.45, 7) is 5.76. The third-order valence-electron chi connectivity index (χ3n) is 5.51. The molecule has 0 unspecified atom stereocenters. The lowest BCUT2D eigenvalue weighted by molar-refractivity contribution is -0.117. The first-order chi connectivity index (χ1) is 16.1. The molecule has 8 nitrogen and oxygen atoms in total. The van der Waals surface area contributed by atoms with Crippen LogP contribution in [0.2, 0.25) is 0 Å². The molecule has 0 saturated heterocycles. The van der Waals surface area contributed by atoms with E-state index >= 15 is 0 Å². The number of rotatable bonds is 9. The molecule has 34 heavy (non-hydrogen) atoms. The van der Waals surface area contributed by atoms with E-state index in [9.17, 15) is 18.0 Å². The fraction of sp³-hybridized carbons (Fsp3) is 0.280. The highest BCUT2D eigenvalue weighted by molar-refractivity contribution is 7.92. The molecule has 1 aromatic heterocycles. The van der Waals surface area contributed by atoms with Crippen LogP contribution in [0, 0.1) is 13.8 Å². The van der Waals surface area contributed by atoms with E-state index in [-0.39, 0.29) is 24.2 Å². The van der Waals surface area contributed by atoms with Gasteiger partial charge in [-0.2, -0.15) is 0 Å². The molecule has 0 saturated carbocycles. The zero-order valence-electron chi connectivity index (χ0n) is 19.7.